The predicted octanol–water partition coefficient (Wildman–Crippen LogP) is 5.27. The number of aromatic nitrogens is 2. The van der Waals surface area contributed by atoms with Crippen molar-refractivity contribution in [3.05, 3.63) is 71.4 Å². The number of ether oxygens (including phenoxy) is 1. The Balaban J connectivity index is 1.79. The van der Waals surface area contributed by atoms with Gasteiger partial charge in [0.05, 0.1) is 7.11 Å². The number of hydrogen-bond donors (Lipinski definition) is 2. The summed E-state index contributed by atoms with van der Waals surface area (Å²) in [6, 6.07) is 18.2. The van der Waals surface area contributed by atoms with Crippen molar-refractivity contribution in [2.45, 2.75) is 33.2 Å². The van der Waals surface area contributed by atoms with E-state index in [0.29, 0.717) is 18.4 Å². The molecule has 0 fully saturated rings. The lowest BCUT2D eigenvalue weighted by molar-refractivity contribution is 0.410. The van der Waals surface area contributed by atoms with Crippen LogP contribution in [-0.4, -0.2) is 17.1 Å². The first-order chi connectivity index (χ1) is 13.1. The quantitative estimate of drug-likeness (QED) is 0.599. The van der Waals surface area contributed by atoms with Crippen LogP contribution in [0.4, 0.5) is 17.5 Å². The number of nitrogens with zero attached hydrogens (tertiary/aromatic N) is 2. The molecule has 2 N–H and O–H groups in total. The van der Waals surface area contributed by atoms with Crippen LogP contribution in [0.15, 0.2) is 54.6 Å². The second-order valence-corrected chi connectivity index (χ2v) is 6.75. The number of hydrogen-bond acceptors (Lipinski definition) is 5. The minimum atomic E-state index is 0.418. The van der Waals surface area contributed by atoms with Crippen molar-refractivity contribution in [2.75, 3.05) is 17.7 Å². The van der Waals surface area contributed by atoms with Gasteiger partial charge in [0.2, 0.25) is 5.95 Å². The van der Waals surface area contributed by atoms with Crippen LogP contribution in [-0.2, 0) is 6.54 Å². The molecule has 2 aromatic carbocycles. The molecule has 3 rings (SSSR count). The van der Waals surface area contributed by atoms with E-state index in [4.69, 9.17) is 4.74 Å². The summed E-state index contributed by atoms with van der Waals surface area (Å²) >= 11 is 0. The number of benzene rings is 2. The second-order valence-electron chi connectivity index (χ2n) is 6.75. The monoisotopic (exact) mass is 362 g/mol. The van der Waals surface area contributed by atoms with Crippen molar-refractivity contribution in [3.63, 3.8) is 0 Å². The molecular weight excluding hydrogens is 336 g/mol. The van der Waals surface area contributed by atoms with Crippen molar-refractivity contribution in [1.29, 1.82) is 0 Å². The van der Waals surface area contributed by atoms with Crippen molar-refractivity contribution < 1.29 is 4.74 Å². The molecule has 0 saturated heterocycles. The Kier molecular flexibility index (Phi) is 5.91. The van der Waals surface area contributed by atoms with Gasteiger partial charge in [-0.2, -0.15) is 4.98 Å². The molecule has 1 heterocycles. The largest absolute Gasteiger partial charge is 0.496 e. The molecule has 27 heavy (non-hydrogen) atoms. The molecule has 0 aliphatic heterocycles. The summed E-state index contributed by atoms with van der Waals surface area (Å²) in [6.45, 7) is 6.95. The zero-order chi connectivity index (χ0) is 19.2. The number of methoxy groups -OCH3 is 1. The van der Waals surface area contributed by atoms with E-state index in [2.05, 4.69) is 52.6 Å². The molecule has 1 aromatic heterocycles. The van der Waals surface area contributed by atoms with Crippen LogP contribution in [0.2, 0.25) is 0 Å². The second kappa shape index (κ2) is 8.54. The maximum absolute atomic E-state index is 5.41. The maximum atomic E-state index is 5.41. The van der Waals surface area contributed by atoms with Gasteiger partial charge in [0, 0.05) is 29.6 Å². The van der Waals surface area contributed by atoms with E-state index in [1.165, 1.54) is 5.56 Å². The molecule has 5 nitrogen and oxygen atoms in total. The van der Waals surface area contributed by atoms with E-state index in [1.807, 2.05) is 43.3 Å². The summed E-state index contributed by atoms with van der Waals surface area (Å²) in [4.78, 5) is 9.16. The van der Waals surface area contributed by atoms with E-state index in [0.717, 1.165) is 28.5 Å². The maximum Gasteiger partial charge on any atom is 0.229 e. The van der Waals surface area contributed by atoms with Gasteiger partial charge in [0.15, 0.2) is 0 Å². The number of nitrogens with one attached hydrogen (secondary N) is 2. The third-order valence-electron chi connectivity index (χ3n) is 4.34. The fraction of sp³-hybridized carbons (Fsp3) is 0.273. The summed E-state index contributed by atoms with van der Waals surface area (Å²) in [5, 5.41) is 6.74. The number of anilines is 3. The van der Waals surface area contributed by atoms with Gasteiger partial charge in [-0.3, -0.25) is 0 Å². The molecule has 0 aliphatic rings. The first kappa shape index (κ1) is 18.7. The molecule has 0 radical (unpaired) electrons. The Bertz CT molecular complexity index is 908. The van der Waals surface area contributed by atoms with Gasteiger partial charge in [0.25, 0.3) is 0 Å². The number of para-hydroxylation sites is 2. The van der Waals surface area contributed by atoms with Crippen molar-refractivity contribution in [2.24, 2.45) is 0 Å². The van der Waals surface area contributed by atoms with Gasteiger partial charge in [0.1, 0.15) is 11.6 Å². The lowest BCUT2D eigenvalue weighted by Gasteiger charge is -2.15. The van der Waals surface area contributed by atoms with Crippen LogP contribution in [0, 0.1) is 6.92 Å². The molecule has 140 valence electrons. The van der Waals surface area contributed by atoms with Crippen LogP contribution in [0.1, 0.15) is 36.6 Å². The average Bonchev–Trinajstić information content (AvgIpc) is 2.66. The Hall–Kier alpha value is -3.08. The van der Waals surface area contributed by atoms with Crippen LogP contribution < -0.4 is 15.4 Å². The van der Waals surface area contributed by atoms with Gasteiger partial charge < -0.3 is 15.4 Å². The standard InChI is InChI=1S/C22H26N4O/c1-15(2)18-10-6-7-11-19(18)25-22-24-16(3)13-21(26-22)23-14-17-9-5-8-12-20(17)27-4/h5-13,15H,14H2,1-4H3,(H2,23,24,25,26). The first-order valence-electron chi connectivity index (χ1n) is 9.14. The summed E-state index contributed by atoms with van der Waals surface area (Å²) in [7, 11) is 1.68. The number of rotatable bonds is 7. The first-order valence-corrected chi connectivity index (χ1v) is 9.14. The molecule has 0 unspecified atom stereocenters. The topological polar surface area (TPSA) is 59.1 Å². The SMILES string of the molecule is COc1ccccc1CNc1cc(C)nc(Nc2ccccc2C(C)C)n1. The minimum Gasteiger partial charge on any atom is -0.496 e. The van der Waals surface area contributed by atoms with Gasteiger partial charge in [-0.15, -0.1) is 0 Å². The summed E-state index contributed by atoms with van der Waals surface area (Å²) in [5.74, 6) is 2.64. The van der Waals surface area contributed by atoms with Crippen LogP contribution in [0.25, 0.3) is 0 Å². The number of aryl methyl sites for hydroxylation is 1. The van der Waals surface area contributed by atoms with Crippen LogP contribution in [0.5, 0.6) is 5.75 Å². The summed E-state index contributed by atoms with van der Waals surface area (Å²) in [5.41, 5.74) is 4.26. The fourth-order valence-corrected chi connectivity index (χ4v) is 2.98. The fourth-order valence-electron chi connectivity index (χ4n) is 2.98. The van der Waals surface area contributed by atoms with Crippen molar-refractivity contribution in [3.8, 4) is 5.75 Å². The van der Waals surface area contributed by atoms with Gasteiger partial charge in [-0.05, 0) is 30.5 Å². The predicted molar refractivity (Wildman–Crippen MR) is 111 cm³/mol. The lowest BCUT2D eigenvalue weighted by atomic mass is 10.0. The minimum absolute atomic E-state index is 0.418. The Labute approximate surface area is 160 Å². The highest BCUT2D eigenvalue weighted by molar-refractivity contribution is 5.60. The molecular formula is C22H26N4O. The molecule has 0 amide bonds. The highest BCUT2D eigenvalue weighted by Crippen LogP contribution is 2.26. The summed E-state index contributed by atoms with van der Waals surface area (Å²) in [6.07, 6.45) is 0. The zero-order valence-electron chi connectivity index (χ0n) is 16.3. The van der Waals surface area contributed by atoms with E-state index in [-0.39, 0.29) is 0 Å². The van der Waals surface area contributed by atoms with Crippen molar-refractivity contribution >= 4 is 17.5 Å². The normalized spacial score (nSPS) is 10.7. The van der Waals surface area contributed by atoms with Gasteiger partial charge >= 0.3 is 0 Å². The van der Waals surface area contributed by atoms with E-state index in [9.17, 15) is 0 Å². The highest BCUT2D eigenvalue weighted by atomic mass is 16.5. The molecule has 0 atom stereocenters. The van der Waals surface area contributed by atoms with Crippen LogP contribution >= 0.6 is 0 Å². The van der Waals surface area contributed by atoms with Crippen LogP contribution in [0.3, 0.4) is 0 Å². The van der Waals surface area contributed by atoms with Crippen molar-refractivity contribution in [1.82, 2.24) is 9.97 Å². The molecule has 0 saturated carbocycles. The highest BCUT2D eigenvalue weighted by Gasteiger charge is 2.09. The van der Waals surface area contributed by atoms with E-state index >= 15 is 0 Å². The molecule has 0 aliphatic carbocycles. The molecule has 0 bridgehead atoms. The zero-order valence-corrected chi connectivity index (χ0v) is 16.3. The Morgan fingerprint density at radius 2 is 1.74 bits per heavy atom. The van der Waals surface area contributed by atoms with Gasteiger partial charge in [-0.1, -0.05) is 50.2 Å². The third-order valence-corrected chi connectivity index (χ3v) is 4.34. The van der Waals surface area contributed by atoms with Gasteiger partial charge in [-0.25, -0.2) is 4.98 Å². The lowest BCUT2D eigenvalue weighted by Crippen LogP contribution is -2.07. The summed E-state index contributed by atoms with van der Waals surface area (Å²) < 4.78 is 5.41. The molecule has 3 aromatic rings. The Morgan fingerprint density at radius 3 is 2.52 bits per heavy atom. The molecule has 5 heteroatoms. The third kappa shape index (κ3) is 4.76. The Morgan fingerprint density at radius 1 is 1.00 bits per heavy atom. The van der Waals surface area contributed by atoms with E-state index in [1.54, 1.807) is 7.11 Å². The smallest absolute Gasteiger partial charge is 0.229 e. The van der Waals surface area contributed by atoms with E-state index < -0.39 is 0 Å². The molecule has 0 spiro atoms. The average molecular weight is 362 g/mol.